The molecule has 0 aromatic heterocycles. The highest BCUT2D eigenvalue weighted by Crippen LogP contribution is 2.18. The molecule has 1 rings (SSSR count). The summed E-state index contributed by atoms with van der Waals surface area (Å²) in [6, 6.07) is 5.24. The summed E-state index contributed by atoms with van der Waals surface area (Å²) in [7, 11) is 1.59. The van der Waals surface area contributed by atoms with Gasteiger partial charge in [0.1, 0.15) is 5.75 Å². The van der Waals surface area contributed by atoms with Gasteiger partial charge in [0.15, 0.2) is 5.78 Å². The molecule has 0 saturated carbocycles. The topological polar surface area (TPSA) is 55.4 Å². The van der Waals surface area contributed by atoms with Crippen molar-refractivity contribution in [1.29, 1.82) is 0 Å². The standard InChI is InChI=1S/C14H19NO3/c1-4-5-14(17)15-9-12(16)11-6-7-13(18-3)10(2)8-11/h6-8H,4-5,9H2,1-3H3,(H,15,17). The van der Waals surface area contributed by atoms with Gasteiger partial charge in [-0.25, -0.2) is 0 Å². The van der Waals surface area contributed by atoms with E-state index in [1.807, 2.05) is 13.8 Å². The van der Waals surface area contributed by atoms with Crippen LogP contribution in [0, 0.1) is 6.92 Å². The summed E-state index contributed by atoms with van der Waals surface area (Å²) in [5.41, 5.74) is 1.49. The molecule has 0 heterocycles. The molecular formula is C14H19NO3. The molecule has 1 amide bonds. The number of ether oxygens (including phenoxy) is 1. The van der Waals surface area contributed by atoms with E-state index in [0.717, 1.165) is 17.7 Å². The number of carbonyl (C=O) groups is 2. The zero-order valence-corrected chi connectivity index (χ0v) is 11.1. The van der Waals surface area contributed by atoms with Gasteiger partial charge in [-0.2, -0.15) is 0 Å². The molecule has 0 atom stereocenters. The van der Waals surface area contributed by atoms with Crippen molar-refractivity contribution in [3.8, 4) is 5.75 Å². The quantitative estimate of drug-likeness (QED) is 0.785. The smallest absolute Gasteiger partial charge is 0.220 e. The predicted molar refractivity (Wildman–Crippen MR) is 70.0 cm³/mol. The maximum Gasteiger partial charge on any atom is 0.220 e. The van der Waals surface area contributed by atoms with E-state index >= 15 is 0 Å². The van der Waals surface area contributed by atoms with Gasteiger partial charge in [-0.05, 0) is 37.1 Å². The van der Waals surface area contributed by atoms with E-state index < -0.39 is 0 Å². The summed E-state index contributed by atoms with van der Waals surface area (Å²) in [6.45, 7) is 3.85. The fourth-order valence-corrected chi connectivity index (χ4v) is 1.65. The zero-order chi connectivity index (χ0) is 13.5. The van der Waals surface area contributed by atoms with Gasteiger partial charge in [-0.1, -0.05) is 6.92 Å². The lowest BCUT2D eigenvalue weighted by atomic mass is 10.1. The van der Waals surface area contributed by atoms with Crippen LogP contribution < -0.4 is 10.1 Å². The normalized spacial score (nSPS) is 9.94. The van der Waals surface area contributed by atoms with Gasteiger partial charge in [0.25, 0.3) is 0 Å². The third kappa shape index (κ3) is 3.87. The van der Waals surface area contributed by atoms with Gasteiger partial charge >= 0.3 is 0 Å². The molecule has 0 saturated heterocycles. The molecule has 0 radical (unpaired) electrons. The molecule has 1 aromatic rings. The van der Waals surface area contributed by atoms with Crippen molar-refractivity contribution < 1.29 is 14.3 Å². The molecular weight excluding hydrogens is 230 g/mol. The van der Waals surface area contributed by atoms with Crippen LogP contribution in [-0.2, 0) is 4.79 Å². The first-order valence-corrected chi connectivity index (χ1v) is 6.03. The monoisotopic (exact) mass is 249 g/mol. The van der Waals surface area contributed by atoms with Crippen LogP contribution >= 0.6 is 0 Å². The van der Waals surface area contributed by atoms with Crippen molar-refractivity contribution in [1.82, 2.24) is 5.32 Å². The second-order valence-electron chi connectivity index (χ2n) is 4.13. The van der Waals surface area contributed by atoms with Gasteiger partial charge in [0, 0.05) is 12.0 Å². The van der Waals surface area contributed by atoms with Crippen molar-refractivity contribution in [2.75, 3.05) is 13.7 Å². The van der Waals surface area contributed by atoms with Gasteiger partial charge in [-0.15, -0.1) is 0 Å². The average Bonchev–Trinajstić information content (AvgIpc) is 2.36. The number of carbonyl (C=O) groups excluding carboxylic acids is 2. The van der Waals surface area contributed by atoms with Crippen molar-refractivity contribution in [2.24, 2.45) is 0 Å². The Morgan fingerprint density at radius 3 is 2.61 bits per heavy atom. The molecule has 0 bridgehead atoms. The Kier molecular flexibility index (Phi) is 5.36. The van der Waals surface area contributed by atoms with Crippen molar-refractivity contribution in [3.63, 3.8) is 0 Å². The third-order valence-electron chi connectivity index (χ3n) is 2.64. The Hall–Kier alpha value is -1.84. The first kappa shape index (κ1) is 14.2. The molecule has 1 aromatic carbocycles. The highest BCUT2D eigenvalue weighted by Gasteiger charge is 2.09. The molecule has 4 heteroatoms. The number of benzene rings is 1. The molecule has 0 unspecified atom stereocenters. The van der Waals surface area contributed by atoms with Crippen LogP contribution in [0.5, 0.6) is 5.75 Å². The predicted octanol–water partition coefficient (Wildman–Crippen LogP) is 2.10. The van der Waals surface area contributed by atoms with Crippen LogP contribution in [0.2, 0.25) is 0 Å². The molecule has 0 aliphatic rings. The Morgan fingerprint density at radius 1 is 1.33 bits per heavy atom. The Balaban J connectivity index is 2.62. The minimum atomic E-state index is -0.0924. The molecule has 0 spiro atoms. The molecule has 0 aliphatic heterocycles. The summed E-state index contributed by atoms with van der Waals surface area (Å²) >= 11 is 0. The van der Waals surface area contributed by atoms with E-state index in [1.54, 1.807) is 25.3 Å². The van der Waals surface area contributed by atoms with Gasteiger partial charge in [-0.3, -0.25) is 9.59 Å². The fraction of sp³-hybridized carbons (Fsp3) is 0.429. The van der Waals surface area contributed by atoms with Crippen molar-refractivity contribution >= 4 is 11.7 Å². The van der Waals surface area contributed by atoms with Gasteiger partial charge in [0.05, 0.1) is 13.7 Å². The maximum absolute atomic E-state index is 11.8. The number of hydrogen-bond donors (Lipinski definition) is 1. The van der Waals surface area contributed by atoms with E-state index in [2.05, 4.69) is 5.32 Å². The Morgan fingerprint density at radius 2 is 2.06 bits per heavy atom. The van der Waals surface area contributed by atoms with E-state index in [0.29, 0.717) is 12.0 Å². The Bertz CT molecular complexity index is 441. The highest BCUT2D eigenvalue weighted by atomic mass is 16.5. The van der Waals surface area contributed by atoms with Crippen molar-refractivity contribution in [2.45, 2.75) is 26.7 Å². The minimum absolute atomic E-state index is 0.0462. The summed E-state index contributed by atoms with van der Waals surface area (Å²) in [4.78, 5) is 23.1. The van der Waals surface area contributed by atoms with Crippen LogP contribution in [-0.4, -0.2) is 25.3 Å². The lowest BCUT2D eigenvalue weighted by molar-refractivity contribution is -0.120. The van der Waals surface area contributed by atoms with Crippen LogP contribution in [0.25, 0.3) is 0 Å². The summed E-state index contributed by atoms with van der Waals surface area (Å²) in [5, 5.41) is 2.61. The number of amides is 1. The number of ketones is 1. The number of methoxy groups -OCH3 is 1. The second kappa shape index (κ2) is 6.79. The van der Waals surface area contributed by atoms with E-state index in [-0.39, 0.29) is 18.2 Å². The molecule has 0 fully saturated rings. The molecule has 4 nitrogen and oxygen atoms in total. The molecule has 1 N–H and O–H groups in total. The van der Waals surface area contributed by atoms with Crippen LogP contribution in [0.3, 0.4) is 0 Å². The summed E-state index contributed by atoms with van der Waals surface area (Å²) < 4.78 is 5.13. The van der Waals surface area contributed by atoms with E-state index in [4.69, 9.17) is 4.74 Å². The van der Waals surface area contributed by atoms with Gasteiger partial charge in [0.2, 0.25) is 5.91 Å². The highest BCUT2D eigenvalue weighted by molar-refractivity contribution is 5.99. The zero-order valence-electron chi connectivity index (χ0n) is 11.1. The second-order valence-corrected chi connectivity index (χ2v) is 4.13. The average molecular weight is 249 g/mol. The molecule has 18 heavy (non-hydrogen) atoms. The summed E-state index contributed by atoms with van der Waals surface area (Å²) in [5.74, 6) is 0.572. The van der Waals surface area contributed by atoms with Gasteiger partial charge < -0.3 is 10.1 Å². The minimum Gasteiger partial charge on any atom is -0.496 e. The van der Waals surface area contributed by atoms with Crippen LogP contribution in [0.4, 0.5) is 0 Å². The lowest BCUT2D eigenvalue weighted by Crippen LogP contribution is -2.29. The lowest BCUT2D eigenvalue weighted by Gasteiger charge is -2.07. The number of nitrogens with one attached hydrogen (secondary N) is 1. The number of aryl methyl sites for hydroxylation is 1. The number of Topliss-reactive ketones (excluding diaryl/α,β-unsaturated/α-hetero) is 1. The first-order valence-electron chi connectivity index (χ1n) is 6.03. The maximum atomic E-state index is 11.8. The first-order chi connectivity index (χ1) is 8.58. The molecule has 0 aliphatic carbocycles. The van der Waals surface area contributed by atoms with E-state index in [9.17, 15) is 9.59 Å². The van der Waals surface area contributed by atoms with E-state index in [1.165, 1.54) is 0 Å². The SMILES string of the molecule is CCCC(=O)NCC(=O)c1ccc(OC)c(C)c1. The Labute approximate surface area is 107 Å². The largest absolute Gasteiger partial charge is 0.496 e. The third-order valence-corrected chi connectivity index (χ3v) is 2.64. The van der Waals surface area contributed by atoms with Crippen LogP contribution in [0.15, 0.2) is 18.2 Å². The molecule has 98 valence electrons. The fourth-order valence-electron chi connectivity index (χ4n) is 1.65. The number of hydrogen-bond acceptors (Lipinski definition) is 3. The van der Waals surface area contributed by atoms with Crippen molar-refractivity contribution in [3.05, 3.63) is 29.3 Å². The number of rotatable bonds is 6. The summed E-state index contributed by atoms with van der Waals surface area (Å²) in [6.07, 6.45) is 1.23. The van der Waals surface area contributed by atoms with Crippen LogP contribution in [0.1, 0.15) is 35.7 Å².